The molecule has 2 aliphatic heterocycles. The highest BCUT2D eigenvalue weighted by Gasteiger charge is 2.51. The maximum atomic E-state index is 3.57. The van der Waals surface area contributed by atoms with E-state index in [1.807, 2.05) is 0 Å². The summed E-state index contributed by atoms with van der Waals surface area (Å²) in [4.78, 5) is 2.53. The van der Waals surface area contributed by atoms with E-state index in [1.165, 1.54) is 38.9 Å². The topological polar surface area (TPSA) is 15.3 Å². The molecule has 13 heavy (non-hydrogen) atoms. The van der Waals surface area contributed by atoms with E-state index in [2.05, 4.69) is 31.1 Å². The van der Waals surface area contributed by atoms with Gasteiger partial charge in [0, 0.05) is 17.5 Å². The van der Waals surface area contributed by atoms with Crippen LogP contribution in [0.3, 0.4) is 0 Å². The van der Waals surface area contributed by atoms with Crippen LogP contribution in [-0.2, 0) is 0 Å². The molecule has 2 aliphatic rings. The highest BCUT2D eigenvalue weighted by atomic mass is 15.2. The molecule has 76 valence electrons. The SMILES string of the molecule is CN1CCC2(CCCNC2)C1(C)C. The molecule has 2 saturated heterocycles. The van der Waals surface area contributed by atoms with Gasteiger partial charge >= 0.3 is 0 Å². The first-order valence-electron chi connectivity index (χ1n) is 5.50. The highest BCUT2D eigenvalue weighted by molar-refractivity contribution is 5.07. The van der Waals surface area contributed by atoms with E-state index in [9.17, 15) is 0 Å². The Morgan fingerprint density at radius 1 is 1.23 bits per heavy atom. The van der Waals surface area contributed by atoms with E-state index in [1.54, 1.807) is 0 Å². The zero-order valence-corrected chi connectivity index (χ0v) is 9.19. The van der Waals surface area contributed by atoms with E-state index in [0.29, 0.717) is 11.0 Å². The number of hydrogen-bond donors (Lipinski definition) is 1. The summed E-state index contributed by atoms with van der Waals surface area (Å²) in [6, 6.07) is 0. The molecular formula is C11H22N2. The van der Waals surface area contributed by atoms with Gasteiger partial charge in [0.15, 0.2) is 0 Å². The number of nitrogens with one attached hydrogen (secondary N) is 1. The van der Waals surface area contributed by atoms with E-state index in [4.69, 9.17) is 0 Å². The normalized spacial score (nSPS) is 39.9. The van der Waals surface area contributed by atoms with Crippen molar-refractivity contribution in [1.82, 2.24) is 10.2 Å². The number of likely N-dealkylation sites (tertiary alicyclic amines) is 1. The molecule has 0 aromatic carbocycles. The zero-order valence-electron chi connectivity index (χ0n) is 9.19. The lowest BCUT2D eigenvalue weighted by molar-refractivity contribution is 0.0614. The van der Waals surface area contributed by atoms with Crippen LogP contribution >= 0.6 is 0 Å². The van der Waals surface area contributed by atoms with Gasteiger partial charge in [-0.05, 0) is 53.2 Å². The van der Waals surface area contributed by atoms with E-state index < -0.39 is 0 Å². The Balaban J connectivity index is 2.21. The third-order valence-corrected chi connectivity index (χ3v) is 4.65. The van der Waals surface area contributed by atoms with Gasteiger partial charge in [0.1, 0.15) is 0 Å². The Labute approximate surface area is 81.7 Å². The summed E-state index contributed by atoms with van der Waals surface area (Å²) < 4.78 is 0. The van der Waals surface area contributed by atoms with Crippen molar-refractivity contribution in [2.45, 2.75) is 38.6 Å². The van der Waals surface area contributed by atoms with Crippen molar-refractivity contribution in [3.05, 3.63) is 0 Å². The van der Waals surface area contributed by atoms with Crippen molar-refractivity contribution < 1.29 is 0 Å². The maximum Gasteiger partial charge on any atom is 0.0219 e. The summed E-state index contributed by atoms with van der Waals surface area (Å²) in [6.07, 6.45) is 4.15. The minimum atomic E-state index is 0.389. The summed E-state index contributed by atoms with van der Waals surface area (Å²) in [5, 5.41) is 3.57. The van der Waals surface area contributed by atoms with Gasteiger partial charge < -0.3 is 10.2 Å². The quantitative estimate of drug-likeness (QED) is 0.610. The number of hydrogen-bond acceptors (Lipinski definition) is 2. The van der Waals surface area contributed by atoms with E-state index >= 15 is 0 Å². The Bertz CT molecular complexity index is 187. The predicted octanol–water partition coefficient (Wildman–Crippen LogP) is 1.47. The number of piperidine rings is 1. The van der Waals surface area contributed by atoms with Crippen molar-refractivity contribution >= 4 is 0 Å². The Hall–Kier alpha value is -0.0800. The first-order chi connectivity index (χ1) is 6.08. The second-order valence-electron chi connectivity index (χ2n) is 5.29. The first kappa shape index (κ1) is 9.47. The predicted molar refractivity (Wildman–Crippen MR) is 55.9 cm³/mol. The van der Waals surface area contributed by atoms with Crippen LogP contribution < -0.4 is 5.32 Å². The standard InChI is InChI=1S/C11H22N2/c1-10(2)11(6-8-13(10)3)5-4-7-12-9-11/h12H,4-9H2,1-3H3. The van der Waals surface area contributed by atoms with Crippen molar-refractivity contribution in [2.75, 3.05) is 26.7 Å². The lowest BCUT2D eigenvalue weighted by Crippen LogP contribution is -2.54. The fraction of sp³-hybridized carbons (Fsp3) is 1.00. The molecule has 1 N–H and O–H groups in total. The molecule has 2 rings (SSSR count). The minimum Gasteiger partial charge on any atom is -0.316 e. The van der Waals surface area contributed by atoms with Crippen LogP contribution in [0.25, 0.3) is 0 Å². The van der Waals surface area contributed by atoms with Crippen LogP contribution in [0.15, 0.2) is 0 Å². The lowest BCUT2D eigenvalue weighted by atomic mass is 9.67. The number of rotatable bonds is 0. The molecule has 2 heteroatoms. The monoisotopic (exact) mass is 182 g/mol. The molecule has 0 amide bonds. The third-order valence-electron chi connectivity index (χ3n) is 4.65. The van der Waals surface area contributed by atoms with Crippen molar-refractivity contribution in [2.24, 2.45) is 5.41 Å². The molecule has 1 atom stereocenters. The summed E-state index contributed by atoms with van der Waals surface area (Å²) in [5.74, 6) is 0. The molecule has 2 nitrogen and oxygen atoms in total. The molecule has 0 saturated carbocycles. The van der Waals surface area contributed by atoms with Crippen LogP contribution in [0.4, 0.5) is 0 Å². The molecule has 0 bridgehead atoms. The van der Waals surface area contributed by atoms with Crippen LogP contribution in [0.2, 0.25) is 0 Å². The summed E-state index contributed by atoms with van der Waals surface area (Å²) in [6.45, 7) is 8.54. The van der Waals surface area contributed by atoms with Crippen LogP contribution in [0.1, 0.15) is 33.1 Å². The molecule has 2 heterocycles. The van der Waals surface area contributed by atoms with Gasteiger partial charge in [-0.2, -0.15) is 0 Å². The Morgan fingerprint density at radius 2 is 2.00 bits per heavy atom. The first-order valence-corrected chi connectivity index (χ1v) is 5.50. The highest BCUT2D eigenvalue weighted by Crippen LogP contribution is 2.48. The zero-order chi connectivity index (χ0) is 9.53. The fourth-order valence-electron chi connectivity index (χ4n) is 3.08. The number of nitrogens with zero attached hydrogens (tertiary/aromatic N) is 1. The van der Waals surface area contributed by atoms with Crippen LogP contribution in [-0.4, -0.2) is 37.1 Å². The summed E-state index contributed by atoms with van der Waals surface area (Å²) in [5.41, 5.74) is 0.945. The van der Waals surface area contributed by atoms with Crippen molar-refractivity contribution in [3.8, 4) is 0 Å². The van der Waals surface area contributed by atoms with Gasteiger partial charge in [0.25, 0.3) is 0 Å². The molecule has 1 spiro atoms. The smallest absolute Gasteiger partial charge is 0.0219 e. The molecule has 1 unspecified atom stereocenters. The molecule has 0 aromatic rings. The molecule has 0 radical (unpaired) electrons. The maximum absolute atomic E-state index is 3.57. The second kappa shape index (κ2) is 2.96. The molecule has 0 aliphatic carbocycles. The van der Waals surface area contributed by atoms with Crippen molar-refractivity contribution in [3.63, 3.8) is 0 Å². The minimum absolute atomic E-state index is 0.389. The van der Waals surface area contributed by atoms with Gasteiger partial charge in [0.2, 0.25) is 0 Å². The van der Waals surface area contributed by atoms with Crippen LogP contribution in [0, 0.1) is 5.41 Å². The van der Waals surface area contributed by atoms with Gasteiger partial charge in [-0.25, -0.2) is 0 Å². The van der Waals surface area contributed by atoms with Gasteiger partial charge in [-0.15, -0.1) is 0 Å². The van der Waals surface area contributed by atoms with Crippen molar-refractivity contribution in [1.29, 1.82) is 0 Å². The fourth-order valence-corrected chi connectivity index (χ4v) is 3.08. The Kier molecular flexibility index (Phi) is 2.16. The van der Waals surface area contributed by atoms with Gasteiger partial charge in [0.05, 0.1) is 0 Å². The summed E-state index contributed by atoms with van der Waals surface area (Å²) in [7, 11) is 2.27. The molecule has 2 fully saturated rings. The van der Waals surface area contributed by atoms with Gasteiger partial charge in [-0.3, -0.25) is 0 Å². The third kappa shape index (κ3) is 1.23. The van der Waals surface area contributed by atoms with E-state index in [-0.39, 0.29) is 0 Å². The lowest BCUT2D eigenvalue weighted by Gasteiger charge is -2.47. The second-order valence-corrected chi connectivity index (χ2v) is 5.29. The Morgan fingerprint density at radius 3 is 2.46 bits per heavy atom. The van der Waals surface area contributed by atoms with Gasteiger partial charge in [-0.1, -0.05) is 0 Å². The van der Waals surface area contributed by atoms with Crippen LogP contribution in [0.5, 0.6) is 0 Å². The largest absolute Gasteiger partial charge is 0.316 e. The molecular weight excluding hydrogens is 160 g/mol. The molecule has 0 aromatic heterocycles. The van der Waals surface area contributed by atoms with E-state index in [0.717, 1.165) is 0 Å². The average Bonchev–Trinajstić information content (AvgIpc) is 2.33. The summed E-state index contributed by atoms with van der Waals surface area (Å²) >= 11 is 0. The average molecular weight is 182 g/mol.